The summed E-state index contributed by atoms with van der Waals surface area (Å²) in [4.78, 5) is 16.4. The minimum absolute atomic E-state index is 0.0581. The number of hydrogen-bond donors (Lipinski definition) is 1. The van der Waals surface area contributed by atoms with Crippen molar-refractivity contribution in [3.05, 3.63) is 42.2 Å². The lowest BCUT2D eigenvalue weighted by Crippen LogP contribution is -2.37. The molecule has 2 aromatic rings. The van der Waals surface area contributed by atoms with E-state index in [1.54, 1.807) is 20.0 Å². The highest BCUT2D eigenvalue weighted by Crippen LogP contribution is 2.16. The Kier molecular flexibility index (Phi) is 5.68. The fraction of sp³-hybridized carbons (Fsp3) is 0.375. The zero-order valence-electron chi connectivity index (χ0n) is 13.3. The lowest BCUT2D eigenvalue weighted by molar-refractivity contribution is 0.0953. The Morgan fingerprint density at radius 3 is 2.57 bits per heavy atom. The quantitative estimate of drug-likeness (QED) is 0.834. The average molecular weight is 335 g/mol. The van der Waals surface area contributed by atoms with Crippen LogP contribution in [0, 0.1) is 0 Å². The van der Waals surface area contributed by atoms with E-state index in [1.807, 2.05) is 30.3 Å². The van der Waals surface area contributed by atoms with Crippen molar-refractivity contribution in [1.82, 2.24) is 14.6 Å². The minimum atomic E-state index is -3.34. The maximum atomic E-state index is 12.3. The molecule has 0 radical (unpaired) electrons. The average Bonchev–Trinajstić information content (AvgIpc) is 2.54. The zero-order chi connectivity index (χ0) is 16.9. The molecule has 0 unspecified atom stereocenters. The molecule has 0 aliphatic rings. The third-order valence-electron chi connectivity index (χ3n) is 3.63. The van der Waals surface area contributed by atoms with Crippen LogP contribution in [0.25, 0.3) is 10.8 Å². The highest BCUT2D eigenvalue weighted by Gasteiger charge is 2.19. The van der Waals surface area contributed by atoms with E-state index in [-0.39, 0.29) is 18.2 Å². The number of rotatable bonds is 7. The van der Waals surface area contributed by atoms with Gasteiger partial charge in [0.1, 0.15) is 5.69 Å². The SMILES string of the molecule is CCN(CC)S(=O)(=O)CCNC(=O)c1nccc2ccccc12. The van der Waals surface area contributed by atoms with Gasteiger partial charge in [0.05, 0.1) is 5.75 Å². The monoisotopic (exact) mass is 335 g/mol. The molecule has 0 spiro atoms. The van der Waals surface area contributed by atoms with Gasteiger partial charge in [0, 0.05) is 31.2 Å². The summed E-state index contributed by atoms with van der Waals surface area (Å²) >= 11 is 0. The number of fused-ring (bicyclic) bond motifs is 1. The summed E-state index contributed by atoms with van der Waals surface area (Å²) in [5.74, 6) is -0.484. The number of benzene rings is 1. The summed E-state index contributed by atoms with van der Waals surface area (Å²) in [5, 5.41) is 4.31. The number of carbonyl (C=O) groups is 1. The first-order chi connectivity index (χ1) is 11.0. The second-order valence-corrected chi connectivity index (χ2v) is 7.13. The molecule has 1 aromatic heterocycles. The van der Waals surface area contributed by atoms with E-state index in [4.69, 9.17) is 0 Å². The number of aromatic nitrogens is 1. The van der Waals surface area contributed by atoms with Gasteiger partial charge in [-0.3, -0.25) is 9.78 Å². The fourth-order valence-corrected chi connectivity index (χ4v) is 3.83. The van der Waals surface area contributed by atoms with Gasteiger partial charge in [-0.05, 0) is 11.5 Å². The first-order valence-electron chi connectivity index (χ1n) is 7.59. The molecule has 1 heterocycles. The van der Waals surface area contributed by atoms with E-state index in [2.05, 4.69) is 10.3 Å². The van der Waals surface area contributed by atoms with Crippen LogP contribution in [0.15, 0.2) is 36.5 Å². The van der Waals surface area contributed by atoms with Crippen LogP contribution < -0.4 is 5.32 Å². The van der Waals surface area contributed by atoms with E-state index in [0.29, 0.717) is 18.8 Å². The Bertz CT molecular complexity index is 781. The normalized spacial score (nSPS) is 11.8. The van der Waals surface area contributed by atoms with Gasteiger partial charge >= 0.3 is 0 Å². The van der Waals surface area contributed by atoms with Crippen LogP contribution in [0.5, 0.6) is 0 Å². The Hall–Kier alpha value is -1.99. The molecule has 0 atom stereocenters. The van der Waals surface area contributed by atoms with Crippen molar-refractivity contribution in [2.24, 2.45) is 0 Å². The number of sulfonamides is 1. The summed E-state index contributed by atoms with van der Waals surface area (Å²) in [5.41, 5.74) is 0.309. The summed E-state index contributed by atoms with van der Waals surface area (Å²) in [6.07, 6.45) is 1.57. The molecule has 0 fully saturated rings. The lowest BCUT2D eigenvalue weighted by Gasteiger charge is -2.18. The number of nitrogens with one attached hydrogen (secondary N) is 1. The molecule has 6 nitrogen and oxygen atoms in total. The predicted octanol–water partition coefficient (Wildman–Crippen LogP) is 1.64. The van der Waals surface area contributed by atoms with Gasteiger partial charge in [-0.1, -0.05) is 38.1 Å². The third kappa shape index (κ3) is 4.05. The molecule has 0 saturated carbocycles. The van der Waals surface area contributed by atoms with Gasteiger partial charge in [-0.2, -0.15) is 0 Å². The molecule has 23 heavy (non-hydrogen) atoms. The minimum Gasteiger partial charge on any atom is -0.350 e. The zero-order valence-corrected chi connectivity index (χ0v) is 14.1. The maximum Gasteiger partial charge on any atom is 0.270 e. The highest BCUT2D eigenvalue weighted by atomic mass is 32.2. The predicted molar refractivity (Wildman–Crippen MR) is 90.8 cm³/mol. The molecule has 1 aromatic carbocycles. The number of amides is 1. The van der Waals surface area contributed by atoms with Crippen molar-refractivity contribution in [2.75, 3.05) is 25.4 Å². The molecular weight excluding hydrogens is 314 g/mol. The van der Waals surface area contributed by atoms with Crippen molar-refractivity contribution in [3.8, 4) is 0 Å². The van der Waals surface area contributed by atoms with Gasteiger partial charge in [0.2, 0.25) is 10.0 Å². The largest absolute Gasteiger partial charge is 0.350 e. The molecule has 0 bridgehead atoms. The van der Waals surface area contributed by atoms with E-state index in [1.165, 1.54) is 4.31 Å². The van der Waals surface area contributed by atoms with E-state index in [0.717, 1.165) is 10.8 Å². The molecule has 1 amide bonds. The molecule has 1 N–H and O–H groups in total. The number of carbonyl (C=O) groups excluding carboxylic acids is 1. The first-order valence-corrected chi connectivity index (χ1v) is 9.20. The van der Waals surface area contributed by atoms with Crippen LogP contribution in [-0.2, 0) is 10.0 Å². The van der Waals surface area contributed by atoms with Gasteiger partial charge in [0.15, 0.2) is 0 Å². The second kappa shape index (κ2) is 7.52. The highest BCUT2D eigenvalue weighted by molar-refractivity contribution is 7.89. The Morgan fingerprint density at radius 1 is 1.17 bits per heavy atom. The Balaban J connectivity index is 2.05. The van der Waals surface area contributed by atoms with E-state index in [9.17, 15) is 13.2 Å². The summed E-state index contributed by atoms with van der Waals surface area (Å²) < 4.78 is 25.5. The van der Waals surface area contributed by atoms with Gasteiger partial charge in [-0.25, -0.2) is 12.7 Å². The van der Waals surface area contributed by atoms with Crippen molar-refractivity contribution in [2.45, 2.75) is 13.8 Å². The first kappa shape index (κ1) is 17.4. The van der Waals surface area contributed by atoms with Crippen molar-refractivity contribution < 1.29 is 13.2 Å². The van der Waals surface area contributed by atoms with Crippen molar-refractivity contribution in [3.63, 3.8) is 0 Å². The molecule has 2 rings (SSSR count). The Morgan fingerprint density at radius 2 is 1.87 bits per heavy atom. The molecule has 124 valence electrons. The van der Waals surface area contributed by atoms with Crippen LogP contribution in [-0.4, -0.2) is 49.0 Å². The summed E-state index contributed by atoms with van der Waals surface area (Å²) in [6, 6.07) is 9.28. The molecule has 7 heteroatoms. The Labute approximate surface area is 136 Å². The van der Waals surface area contributed by atoms with Crippen LogP contribution in [0.3, 0.4) is 0 Å². The molecule has 0 aliphatic heterocycles. The van der Waals surface area contributed by atoms with E-state index < -0.39 is 10.0 Å². The smallest absolute Gasteiger partial charge is 0.270 e. The summed E-state index contributed by atoms with van der Waals surface area (Å²) in [6.45, 7) is 4.50. The maximum absolute atomic E-state index is 12.3. The van der Waals surface area contributed by atoms with Gasteiger partial charge < -0.3 is 5.32 Å². The van der Waals surface area contributed by atoms with Crippen molar-refractivity contribution >= 4 is 26.7 Å². The standard InChI is InChI=1S/C16H21N3O3S/c1-3-19(4-2)23(21,22)12-11-18-16(20)15-14-8-6-5-7-13(14)9-10-17-15/h5-10H,3-4,11-12H2,1-2H3,(H,18,20). The topological polar surface area (TPSA) is 79.4 Å². The van der Waals surface area contributed by atoms with Crippen LogP contribution in [0.4, 0.5) is 0 Å². The van der Waals surface area contributed by atoms with Crippen LogP contribution in [0.2, 0.25) is 0 Å². The van der Waals surface area contributed by atoms with Gasteiger partial charge in [-0.15, -0.1) is 0 Å². The summed E-state index contributed by atoms with van der Waals surface area (Å²) in [7, 11) is -3.34. The third-order valence-corrected chi connectivity index (χ3v) is 5.66. The number of pyridine rings is 1. The van der Waals surface area contributed by atoms with Crippen molar-refractivity contribution in [1.29, 1.82) is 0 Å². The van der Waals surface area contributed by atoms with Crippen LogP contribution >= 0.6 is 0 Å². The van der Waals surface area contributed by atoms with Gasteiger partial charge in [0.25, 0.3) is 5.91 Å². The number of nitrogens with zero attached hydrogens (tertiary/aromatic N) is 2. The molecular formula is C16H21N3O3S. The second-order valence-electron chi connectivity index (χ2n) is 5.04. The molecule has 0 aliphatic carbocycles. The lowest BCUT2D eigenvalue weighted by atomic mass is 10.1. The number of hydrogen-bond acceptors (Lipinski definition) is 4. The van der Waals surface area contributed by atoms with E-state index >= 15 is 0 Å². The van der Waals surface area contributed by atoms with Crippen LogP contribution in [0.1, 0.15) is 24.3 Å². The fourth-order valence-electron chi connectivity index (χ4n) is 2.42. The molecule has 0 saturated heterocycles.